The molecule has 13 heavy (non-hydrogen) atoms. The highest BCUT2D eigenvalue weighted by Gasteiger charge is 2.25. The molecular formula is C10H10ClNO. The lowest BCUT2D eigenvalue weighted by Crippen LogP contribution is -2.46. The molecule has 1 saturated heterocycles. The van der Waals surface area contributed by atoms with Gasteiger partial charge in [-0.3, -0.25) is 4.79 Å². The van der Waals surface area contributed by atoms with Crippen LogP contribution >= 0.6 is 11.6 Å². The molecule has 0 aromatic heterocycles. The first-order valence-corrected chi connectivity index (χ1v) is 4.65. The zero-order valence-corrected chi connectivity index (χ0v) is 7.84. The molecule has 1 aromatic carbocycles. The summed E-state index contributed by atoms with van der Waals surface area (Å²) < 4.78 is 0. The fourth-order valence-corrected chi connectivity index (χ4v) is 1.45. The van der Waals surface area contributed by atoms with Crippen molar-refractivity contribution in [2.75, 3.05) is 13.1 Å². The van der Waals surface area contributed by atoms with E-state index in [1.54, 1.807) is 24.3 Å². The molecule has 0 atom stereocenters. The Kier molecular flexibility index (Phi) is 2.34. The monoisotopic (exact) mass is 195 g/mol. The van der Waals surface area contributed by atoms with E-state index in [-0.39, 0.29) is 11.7 Å². The summed E-state index contributed by atoms with van der Waals surface area (Å²) in [5.41, 5.74) is 0.760. The molecule has 1 N–H and O–H groups in total. The van der Waals surface area contributed by atoms with Gasteiger partial charge in [-0.1, -0.05) is 11.6 Å². The van der Waals surface area contributed by atoms with Crippen LogP contribution in [-0.4, -0.2) is 18.9 Å². The average Bonchev–Trinajstić information content (AvgIpc) is 2.02. The summed E-state index contributed by atoms with van der Waals surface area (Å²) in [5, 5.41) is 3.75. The Morgan fingerprint density at radius 2 is 1.92 bits per heavy atom. The van der Waals surface area contributed by atoms with Gasteiger partial charge in [0.25, 0.3) is 0 Å². The van der Waals surface area contributed by atoms with Gasteiger partial charge in [-0.2, -0.15) is 0 Å². The zero-order chi connectivity index (χ0) is 9.26. The predicted octanol–water partition coefficient (Wildman–Crippen LogP) is 1.74. The average molecular weight is 196 g/mol. The van der Waals surface area contributed by atoms with Crippen molar-refractivity contribution < 1.29 is 4.79 Å². The smallest absolute Gasteiger partial charge is 0.168 e. The summed E-state index contributed by atoms with van der Waals surface area (Å²) in [7, 11) is 0. The Bertz CT molecular complexity index is 316. The molecule has 1 aliphatic heterocycles. The number of carbonyl (C=O) groups excluding carboxylic acids is 1. The molecule has 1 aromatic rings. The first-order chi connectivity index (χ1) is 6.27. The second-order valence-electron chi connectivity index (χ2n) is 3.23. The van der Waals surface area contributed by atoms with Gasteiger partial charge in [0.05, 0.1) is 0 Å². The van der Waals surface area contributed by atoms with Crippen LogP contribution in [0.5, 0.6) is 0 Å². The van der Waals surface area contributed by atoms with E-state index in [0.29, 0.717) is 5.02 Å². The summed E-state index contributed by atoms with van der Waals surface area (Å²) in [6, 6.07) is 7.06. The molecule has 1 fully saturated rings. The normalized spacial score (nSPS) is 16.7. The highest BCUT2D eigenvalue weighted by molar-refractivity contribution is 6.30. The number of ketones is 1. The van der Waals surface area contributed by atoms with Crippen LogP contribution in [0.4, 0.5) is 0 Å². The summed E-state index contributed by atoms with van der Waals surface area (Å²) in [6.07, 6.45) is 0. The van der Waals surface area contributed by atoms with E-state index in [2.05, 4.69) is 5.32 Å². The Morgan fingerprint density at radius 3 is 2.38 bits per heavy atom. The van der Waals surface area contributed by atoms with Crippen molar-refractivity contribution in [2.45, 2.75) is 0 Å². The van der Waals surface area contributed by atoms with Gasteiger partial charge in [-0.05, 0) is 24.3 Å². The summed E-state index contributed by atoms with van der Waals surface area (Å²) in [5.74, 6) is 0.386. The predicted molar refractivity (Wildman–Crippen MR) is 52.1 cm³/mol. The maximum Gasteiger partial charge on any atom is 0.168 e. The molecule has 0 spiro atoms. The van der Waals surface area contributed by atoms with Gasteiger partial charge in [-0.15, -0.1) is 0 Å². The van der Waals surface area contributed by atoms with Crippen LogP contribution in [0.1, 0.15) is 10.4 Å². The van der Waals surface area contributed by atoms with Crippen LogP contribution < -0.4 is 5.32 Å². The highest BCUT2D eigenvalue weighted by Crippen LogP contribution is 2.15. The Hall–Kier alpha value is -0.860. The van der Waals surface area contributed by atoms with Crippen LogP contribution in [0.3, 0.4) is 0 Å². The Labute approximate surface area is 81.9 Å². The van der Waals surface area contributed by atoms with E-state index in [9.17, 15) is 4.79 Å². The molecule has 2 rings (SSSR count). The fourth-order valence-electron chi connectivity index (χ4n) is 1.32. The number of hydrogen-bond acceptors (Lipinski definition) is 2. The third-order valence-electron chi connectivity index (χ3n) is 2.28. The molecule has 0 radical (unpaired) electrons. The summed E-state index contributed by atoms with van der Waals surface area (Å²) >= 11 is 5.72. The maximum absolute atomic E-state index is 11.7. The van der Waals surface area contributed by atoms with Gasteiger partial charge in [0.15, 0.2) is 5.78 Å². The number of halogens is 1. The lowest BCUT2D eigenvalue weighted by Gasteiger charge is -2.25. The molecule has 1 heterocycles. The van der Waals surface area contributed by atoms with E-state index < -0.39 is 0 Å². The van der Waals surface area contributed by atoms with Crippen LogP contribution in [0.25, 0.3) is 0 Å². The summed E-state index contributed by atoms with van der Waals surface area (Å²) in [6.45, 7) is 1.61. The third kappa shape index (κ3) is 1.74. The number of carbonyl (C=O) groups is 1. The minimum absolute atomic E-state index is 0.168. The Balaban J connectivity index is 2.15. The SMILES string of the molecule is O=C(c1ccc(Cl)cc1)C1CNC1. The molecule has 2 nitrogen and oxygen atoms in total. The van der Waals surface area contributed by atoms with E-state index in [4.69, 9.17) is 11.6 Å². The highest BCUT2D eigenvalue weighted by atomic mass is 35.5. The zero-order valence-electron chi connectivity index (χ0n) is 7.09. The van der Waals surface area contributed by atoms with Crippen LogP contribution in [0, 0.1) is 5.92 Å². The molecule has 0 unspecified atom stereocenters. The molecule has 0 amide bonds. The van der Waals surface area contributed by atoms with Gasteiger partial charge in [0.1, 0.15) is 0 Å². The van der Waals surface area contributed by atoms with Crippen molar-refractivity contribution >= 4 is 17.4 Å². The van der Waals surface area contributed by atoms with Crippen molar-refractivity contribution in [1.82, 2.24) is 5.32 Å². The second-order valence-corrected chi connectivity index (χ2v) is 3.66. The number of rotatable bonds is 2. The third-order valence-corrected chi connectivity index (χ3v) is 2.53. The molecule has 68 valence electrons. The lowest BCUT2D eigenvalue weighted by atomic mass is 9.93. The molecule has 3 heteroatoms. The van der Waals surface area contributed by atoms with E-state index in [1.165, 1.54) is 0 Å². The van der Waals surface area contributed by atoms with E-state index >= 15 is 0 Å². The van der Waals surface area contributed by atoms with Crippen molar-refractivity contribution in [3.05, 3.63) is 34.9 Å². The Morgan fingerprint density at radius 1 is 1.31 bits per heavy atom. The van der Waals surface area contributed by atoms with Crippen molar-refractivity contribution in [3.63, 3.8) is 0 Å². The molecule has 0 saturated carbocycles. The van der Waals surface area contributed by atoms with E-state index in [1.807, 2.05) is 0 Å². The van der Waals surface area contributed by atoms with Gasteiger partial charge in [-0.25, -0.2) is 0 Å². The van der Waals surface area contributed by atoms with Crippen LogP contribution in [0.2, 0.25) is 5.02 Å². The van der Waals surface area contributed by atoms with Crippen LogP contribution in [0.15, 0.2) is 24.3 Å². The van der Waals surface area contributed by atoms with Gasteiger partial charge < -0.3 is 5.32 Å². The molecular weight excluding hydrogens is 186 g/mol. The van der Waals surface area contributed by atoms with Crippen molar-refractivity contribution in [1.29, 1.82) is 0 Å². The quantitative estimate of drug-likeness (QED) is 0.729. The minimum atomic E-state index is 0.168. The van der Waals surface area contributed by atoms with Gasteiger partial charge in [0, 0.05) is 29.6 Å². The van der Waals surface area contributed by atoms with Crippen LogP contribution in [-0.2, 0) is 0 Å². The van der Waals surface area contributed by atoms with Gasteiger partial charge >= 0.3 is 0 Å². The first-order valence-electron chi connectivity index (χ1n) is 4.28. The largest absolute Gasteiger partial charge is 0.315 e. The second kappa shape index (κ2) is 3.48. The number of nitrogens with one attached hydrogen (secondary N) is 1. The maximum atomic E-state index is 11.7. The van der Waals surface area contributed by atoms with Crippen molar-refractivity contribution in [2.24, 2.45) is 5.92 Å². The topological polar surface area (TPSA) is 29.1 Å². The number of hydrogen-bond donors (Lipinski definition) is 1. The van der Waals surface area contributed by atoms with Crippen molar-refractivity contribution in [3.8, 4) is 0 Å². The number of Topliss-reactive ketones (excluding diaryl/α,β-unsaturated/α-hetero) is 1. The first kappa shape index (κ1) is 8.73. The molecule has 0 bridgehead atoms. The lowest BCUT2D eigenvalue weighted by molar-refractivity contribution is 0.0878. The molecule has 1 aliphatic rings. The fraction of sp³-hybridized carbons (Fsp3) is 0.300. The minimum Gasteiger partial charge on any atom is -0.315 e. The standard InChI is InChI=1S/C10H10ClNO/c11-9-3-1-7(2-4-9)10(13)8-5-12-6-8/h1-4,8,12H,5-6H2. The number of benzene rings is 1. The summed E-state index contributed by atoms with van der Waals surface area (Å²) in [4.78, 5) is 11.7. The molecule has 0 aliphatic carbocycles. The van der Waals surface area contributed by atoms with E-state index in [0.717, 1.165) is 18.7 Å². The van der Waals surface area contributed by atoms with Gasteiger partial charge in [0.2, 0.25) is 0 Å².